The average molecular weight is 402 g/mol. The number of nitrogens with zero attached hydrogens (tertiary/aromatic N) is 1. The Hall–Kier alpha value is -0.950. The molecule has 1 N–H and O–H groups in total. The predicted octanol–water partition coefficient (Wildman–Crippen LogP) is 3.24. The lowest BCUT2D eigenvalue weighted by Gasteiger charge is -2.37. The summed E-state index contributed by atoms with van der Waals surface area (Å²) in [5.41, 5.74) is 0. The van der Waals surface area contributed by atoms with E-state index in [1.54, 1.807) is 0 Å². The van der Waals surface area contributed by atoms with E-state index in [1.165, 1.54) is 0 Å². The molecule has 154 valence electrons. The largest absolute Gasteiger partial charge is 0.494 e. The summed E-state index contributed by atoms with van der Waals surface area (Å²) in [6.07, 6.45) is 3.59. The Labute approximate surface area is 162 Å². The fourth-order valence-corrected chi connectivity index (χ4v) is 3.61. The molecule has 0 bridgehead atoms. The van der Waals surface area contributed by atoms with Crippen LogP contribution in [0.1, 0.15) is 25.7 Å². The highest BCUT2D eigenvalue weighted by Crippen LogP contribution is 2.43. The van der Waals surface area contributed by atoms with Gasteiger partial charge in [-0.05, 0) is 31.4 Å². The lowest BCUT2D eigenvalue weighted by atomic mass is 10.2. The second kappa shape index (κ2) is 11.8. The van der Waals surface area contributed by atoms with Crippen LogP contribution in [0.5, 0.6) is 5.75 Å². The first kappa shape index (κ1) is 22.3. The van der Waals surface area contributed by atoms with E-state index >= 15 is 0 Å². The highest BCUT2D eigenvalue weighted by molar-refractivity contribution is 7.47. The van der Waals surface area contributed by atoms with Crippen molar-refractivity contribution in [3.63, 3.8) is 0 Å². The first-order valence-electron chi connectivity index (χ1n) is 9.70. The van der Waals surface area contributed by atoms with Gasteiger partial charge in [-0.3, -0.25) is 9.05 Å². The van der Waals surface area contributed by atoms with Crippen LogP contribution in [0.15, 0.2) is 30.3 Å². The van der Waals surface area contributed by atoms with Crippen LogP contribution in [-0.2, 0) is 18.3 Å². The van der Waals surface area contributed by atoms with Gasteiger partial charge in [0.2, 0.25) is 0 Å². The van der Waals surface area contributed by atoms with Gasteiger partial charge in [0, 0.05) is 0 Å². The second-order valence-corrected chi connectivity index (χ2v) is 8.57. The summed E-state index contributed by atoms with van der Waals surface area (Å²) in [7, 11) is -1.85. The number of morpholine rings is 1. The predicted molar refractivity (Wildman–Crippen MR) is 104 cm³/mol. The van der Waals surface area contributed by atoms with Gasteiger partial charge in [-0.2, -0.15) is 0 Å². The fourth-order valence-electron chi connectivity index (χ4n) is 2.87. The van der Waals surface area contributed by atoms with Crippen molar-refractivity contribution in [3.8, 4) is 5.75 Å². The first-order valence-corrected chi connectivity index (χ1v) is 11.2. The van der Waals surface area contributed by atoms with Crippen molar-refractivity contribution in [2.45, 2.75) is 25.7 Å². The summed E-state index contributed by atoms with van der Waals surface area (Å²) in [5, 5.41) is 0. The summed E-state index contributed by atoms with van der Waals surface area (Å²) < 4.78 is 33.8. The smallest absolute Gasteiger partial charge is 0.472 e. The molecule has 1 aliphatic rings. The Kier molecular flexibility index (Phi) is 9.76. The molecule has 1 atom stereocenters. The number of para-hydroxylation sites is 1. The number of quaternary nitrogens is 1. The highest BCUT2D eigenvalue weighted by atomic mass is 31.2. The van der Waals surface area contributed by atoms with E-state index in [0.29, 0.717) is 13.2 Å². The van der Waals surface area contributed by atoms with Crippen molar-refractivity contribution in [1.82, 2.24) is 0 Å². The molecule has 1 aromatic rings. The Morgan fingerprint density at radius 1 is 1.00 bits per heavy atom. The minimum absolute atomic E-state index is 0.209. The van der Waals surface area contributed by atoms with Crippen LogP contribution in [0.2, 0.25) is 0 Å². The zero-order valence-corrected chi connectivity index (χ0v) is 17.1. The number of hydrogen-bond donors (Lipinski definition) is 1. The van der Waals surface area contributed by atoms with Gasteiger partial charge in [-0.1, -0.05) is 24.6 Å². The van der Waals surface area contributed by atoms with Gasteiger partial charge in [-0.25, -0.2) is 4.57 Å². The maximum atomic E-state index is 11.9. The SMILES string of the molecule is C[N+]1(CCOP(=O)(O)OCCCCCCOc2ccccc2)CCOCC1. The fraction of sp³-hybridized carbons (Fsp3) is 0.684. The molecule has 1 fully saturated rings. The standard InChI is InChI=1S/C19H32NO6P/c1-20(11-16-23-17-12-20)13-18-26-27(21,22)25-15-8-3-2-7-14-24-19-9-5-4-6-10-19/h4-6,9-10H,2-3,7-8,11-18H2,1H3/p+1. The first-order chi connectivity index (χ1) is 13.0. The highest BCUT2D eigenvalue weighted by Gasteiger charge is 2.27. The van der Waals surface area contributed by atoms with Crippen LogP contribution in [0.4, 0.5) is 0 Å². The Morgan fingerprint density at radius 2 is 1.63 bits per heavy atom. The van der Waals surface area contributed by atoms with Gasteiger partial charge >= 0.3 is 7.82 Å². The van der Waals surface area contributed by atoms with Crippen molar-refractivity contribution < 1.29 is 32.5 Å². The zero-order chi connectivity index (χ0) is 19.4. The van der Waals surface area contributed by atoms with Crippen LogP contribution < -0.4 is 4.74 Å². The molecule has 0 spiro atoms. The monoisotopic (exact) mass is 402 g/mol. The number of unbranched alkanes of at least 4 members (excludes halogenated alkanes) is 3. The molecular formula is C19H33NO6P+. The summed E-state index contributed by atoms with van der Waals surface area (Å²) in [6.45, 7) is 5.03. The average Bonchev–Trinajstić information content (AvgIpc) is 2.65. The molecule has 0 aromatic heterocycles. The number of benzene rings is 1. The molecule has 7 nitrogen and oxygen atoms in total. The van der Waals surface area contributed by atoms with Crippen molar-refractivity contribution >= 4 is 7.82 Å². The van der Waals surface area contributed by atoms with E-state index in [-0.39, 0.29) is 13.2 Å². The number of phosphoric ester groups is 1. The Balaban J connectivity index is 1.46. The van der Waals surface area contributed by atoms with Gasteiger partial charge < -0.3 is 18.9 Å². The summed E-state index contributed by atoms with van der Waals surface area (Å²) in [5.74, 6) is 0.882. The Bertz CT molecular complexity index is 565. The normalized spacial score (nSPS) is 18.7. The van der Waals surface area contributed by atoms with Gasteiger partial charge in [0.05, 0.1) is 33.5 Å². The van der Waals surface area contributed by atoms with Crippen LogP contribution in [0.3, 0.4) is 0 Å². The van der Waals surface area contributed by atoms with Crippen LogP contribution in [0.25, 0.3) is 0 Å². The van der Waals surface area contributed by atoms with Crippen molar-refractivity contribution in [3.05, 3.63) is 30.3 Å². The third kappa shape index (κ3) is 9.70. The quantitative estimate of drug-likeness (QED) is 0.310. The van der Waals surface area contributed by atoms with Crippen LogP contribution >= 0.6 is 7.82 Å². The lowest BCUT2D eigenvalue weighted by molar-refractivity contribution is -0.916. The Morgan fingerprint density at radius 3 is 2.33 bits per heavy atom. The number of ether oxygens (including phenoxy) is 2. The van der Waals surface area contributed by atoms with Crippen molar-refractivity contribution in [2.24, 2.45) is 0 Å². The second-order valence-electron chi connectivity index (χ2n) is 7.11. The van der Waals surface area contributed by atoms with Gasteiger partial charge in [0.1, 0.15) is 32.0 Å². The maximum absolute atomic E-state index is 11.9. The molecule has 1 aliphatic heterocycles. The molecule has 1 heterocycles. The summed E-state index contributed by atoms with van der Waals surface area (Å²) in [6, 6.07) is 9.73. The zero-order valence-electron chi connectivity index (χ0n) is 16.3. The van der Waals surface area contributed by atoms with Gasteiger partial charge in [0.25, 0.3) is 0 Å². The topological polar surface area (TPSA) is 74.2 Å². The molecule has 1 saturated heterocycles. The number of rotatable bonds is 13. The molecule has 0 radical (unpaired) electrons. The van der Waals surface area contributed by atoms with Crippen LogP contribution in [-0.4, -0.2) is 69.1 Å². The maximum Gasteiger partial charge on any atom is 0.472 e. The van der Waals surface area contributed by atoms with Gasteiger partial charge in [-0.15, -0.1) is 0 Å². The van der Waals surface area contributed by atoms with Crippen molar-refractivity contribution in [1.29, 1.82) is 0 Å². The molecule has 0 aliphatic carbocycles. The lowest BCUT2D eigenvalue weighted by Crippen LogP contribution is -2.53. The molecular weight excluding hydrogens is 369 g/mol. The molecule has 1 aromatic carbocycles. The molecule has 0 saturated carbocycles. The minimum Gasteiger partial charge on any atom is -0.494 e. The number of phosphoric acid groups is 1. The summed E-state index contributed by atoms with van der Waals surface area (Å²) in [4.78, 5) is 9.75. The van der Waals surface area contributed by atoms with Crippen LogP contribution in [0, 0.1) is 0 Å². The van der Waals surface area contributed by atoms with E-state index < -0.39 is 7.82 Å². The van der Waals surface area contributed by atoms with E-state index in [0.717, 1.165) is 62.2 Å². The van der Waals surface area contributed by atoms with E-state index in [4.69, 9.17) is 18.5 Å². The molecule has 27 heavy (non-hydrogen) atoms. The van der Waals surface area contributed by atoms with E-state index in [2.05, 4.69) is 7.05 Å². The van der Waals surface area contributed by atoms with Crippen molar-refractivity contribution in [2.75, 3.05) is 59.7 Å². The third-order valence-electron chi connectivity index (χ3n) is 4.74. The molecule has 1 unspecified atom stereocenters. The van der Waals surface area contributed by atoms with E-state index in [9.17, 15) is 9.46 Å². The van der Waals surface area contributed by atoms with E-state index in [1.807, 2.05) is 30.3 Å². The number of hydrogen-bond acceptors (Lipinski definition) is 5. The molecule has 8 heteroatoms. The third-order valence-corrected chi connectivity index (χ3v) is 5.76. The number of likely N-dealkylation sites (N-methyl/N-ethyl adjacent to an activating group) is 1. The molecule has 0 amide bonds. The minimum atomic E-state index is -3.96. The summed E-state index contributed by atoms with van der Waals surface area (Å²) >= 11 is 0. The molecule has 2 rings (SSSR count). The van der Waals surface area contributed by atoms with Gasteiger partial charge in [0.15, 0.2) is 0 Å².